The molecular weight excluding hydrogens is 319 g/mol. The van der Waals surface area contributed by atoms with Crippen molar-refractivity contribution in [2.45, 2.75) is 25.6 Å². The van der Waals surface area contributed by atoms with Gasteiger partial charge in [0.15, 0.2) is 5.65 Å². The Morgan fingerprint density at radius 2 is 1.71 bits per heavy atom. The van der Waals surface area contributed by atoms with Crippen LogP contribution in [0.5, 0.6) is 0 Å². The van der Waals surface area contributed by atoms with Crippen LogP contribution in [0.3, 0.4) is 0 Å². The normalized spacial score (nSPS) is 12.8. The molecule has 0 atom stereocenters. The number of fused-ring (bicyclic) bond motifs is 1. The van der Waals surface area contributed by atoms with Gasteiger partial charge in [-0.1, -0.05) is 24.3 Å². The smallest absolute Gasteiger partial charge is 0.374 e. The van der Waals surface area contributed by atoms with Crippen molar-refractivity contribution in [3.05, 3.63) is 53.9 Å². The SMILES string of the molecule is COC(C)(C)c1ccc(-c2ccn3ncc(C(F)(F)F)c3n2)cc1. The van der Waals surface area contributed by atoms with Gasteiger partial charge in [0.1, 0.15) is 5.56 Å². The quantitative estimate of drug-likeness (QED) is 0.716. The molecule has 24 heavy (non-hydrogen) atoms. The maximum Gasteiger partial charge on any atom is 0.421 e. The molecule has 0 spiro atoms. The molecule has 0 fully saturated rings. The summed E-state index contributed by atoms with van der Waals surface area (Å²) in [5.41, 5.74) is 0.654. The number of aromatic nitrogens is 3. The topological polar surface area (TPSA) is 39.4 Å². The molecule has 0 radical (unpaired) electrons. The van der Waals surface area contributed by atoms with E-state index in [2.05, 4.69) is 10.1 Å². The van der Waals surface area contributed by atoms with E-state index >= 15 is 0 Å². The Morgan fingerprint density at radius 3 is 2.29 bits per heavy atom. The Bertz CT molecular complexity index is 867. The van der Waals surface area contributed by atoms with Crippen LogP contribution in [0.15, 0.2) is 42.7 Å². The highest BCUT2D eigenvalue weighted by atomic mass is 19.4. The molecule has 0 aliphatic rings. The summed E-state index contributed by atoms with van der Waals surface area (Å²) in [6.45, 7) is 3.88. The minimum Gasteiger partial charge on any atom is -0.374 e. The van der Waals surface area contributed by atoms with Gasteiger partial charge in [-0.25, -0.2) is 9.50 Å². The van der Waals surface area contributed by atoms with Crippen molar-refractivity contribution in [1.29, 1.82) is 0 Å². The number of hydrogen-bond donors (Lipinski definition) is 0. The van der Waals surface area contributed by atoms with Crippen LogP contribution >= 0.6 is 0 Å². The molecule has 0 bridgehead atoms. The van der Waals surface area contributed by atoms with Gasteiger partial charge in [0.2, 0.25) is 0 Å². The molecule has 0 N–H and O–H groups in total. The second-order valence-corrected chi connectivity index (χ2v) is 5.93. The average Bonchev–Trinajstić information content (AvgIpc) is 2.98. The monoisotopic (exact) mass is 335 g/mol. The Balaban J connectivity index is 2.04. The first-order valence-corrected chi connectivity index (χ1v) is 7.30. The first-order chi connectivity index (χ1) is 11.2. The summed E-state index contributed by atoms with van der Waals surface area (Å²) >= 11 is 0. The molecule has 2 heterocycles. The minimum absolute atomic E-state index is 0.207. The summed E-state index contributed by atoms with van der Waals surface area (Å²) in [6, 6.07) is 9.03. The molecule has 3 rings (SSSR count). The Labute approximate surface area is 136 Å². The highest BCUT2D eigenvalue weighted by molar-refractivity contribution is 5.63. The Hall–Kier alpha value is -2.41. The molecule has 3 aromatic rings. The third-order valence-corrected chi connectivity index (χ3v) is 4.06. The van der Waals surface area contributed by atoms with Crippen LogP contribution in [-0.2, 0) is 16.5 Å². The average molecular weight is 335 g/mol. The van der Waals surface area contributed by atoms with Crippen molar-refractivity contribution < 1.29 is 17.9 Å². The van der Waals surface area contributed by atoms with Crippen LogP contribution in [0.25, 0.3) is 16.9 Å². The predicted molar refractivity (Wildman–Crippen MR) is 83.5 cm³/mol. The summed E-state index contributed by atoms with van der Waals surface area (Å²) in [5, 5.41) is 3.70. The van der Waals surface area contributed by atoms with E-state index in [1.807, 2.05) is 38.1 Å². The van der Waals surface area contributed by atoms with Crippen molar-refractivity contribution in [2.24, 2.45) is 0 Å². The van der Waals surface area contributed by atoms with Gasteiger partial charge in [0.25, 0.3) is 0 Å². The van der Waals surface area contributed by atoms with Crippen LogP contribution in [0.4, 0.5) is 13.2 Å². The van der Waals surface area contributed by atoms with Crippen molar-refractivity contribution in [3.63, 3.8) is 0 Å². The third kappa shape index (κ3) is 2.87. The number of hydrogen-bond acceptors (Lipinski definition) is 3. The van der Waals surface area contributed by atoms with E-state index in [0.29, 0.717) is 5.69 Å². The maximum absolute atomic E-state index is 13.0. The molecule has 4 nitrogen and oxygen atoms in total. The lowest BCUT2D eigenvalue weighted by Gasteiger charge is -2.23. The van der Waals surface area contributed by atoms with E-state index in [4.69, 9.17) is 4.74 Å². The molecule has 0 aliphatic heterocycles. The van der Waals surface area contributed by atoms with Crippen molar-refractivity contribution >= 4 is 5.65 Å². The highest BCUT2D eigenvalue weighted by Crippen LogP contribution is 2.32. The van der Waals surface area contributed by atoms with Crippen LogP contribution in [0, 0.1) is 0 Å². The molecule has 0 aliphatic carbocycles. The summed E-state index contributed by atoms with van der Waals surface area (Å²) in [4.78, 5) is 4.13. The van der Waals surface area contributed by atoms with Crippen LogP contribution in [0.2, 0.25) is 0 Å². The standard InChI is InChI=1S/C17H16F3N3O/c1-16(2,24-3)12-6-4-11(5-7-12)14-8-9-23-15(22-14)13(10-21-23)17(18,19)20/h4-10H,1-3H3. The summed E-state index contributed by atoms with van der Waals surface area (Å²) < 4.78 is 45.5. The van der Waals surface area contributed by atoms with E-state index in [-0.39, 0.29) is 5.65 Å². The molecule has 0 unspecified atom stereocenters. The first kappa shape index (κ1) is 16.4. The van der Waals surface area contributed by atoms with Gasteiger partial charge in [-0.3, -0.25) is 0 Å². The maximum atomic E-state index is 13.0. The highest BCUT2D eigenvalue weighted by Gasteiger charge is 2.35. The van der Waals surface area contributed by atoms with E-state index < -0.39 is 17.3 Å². The van der Waals surface area contributed by atoms with Crippen LogP contribution < -0.4 is 0 Å². The number of methoxy groups -OCH3 is 1. The molecule has 2 aromatic heterocycles. The van der Waals surface area contributed by atoms with Gasteiger partial charge < -0.3 is 4.74 Å². The lowest BCUT2D eigenvalue weighted by atomic mass is 9.96. The molecule has 0 amide bonds. The number of alkyl halides is 3. The van der Waals surface area contributed by atoms with Crippen LogP contribution in [-0.4, -0.2) is 21.7 Å². The van der Waals surface area contributed by atoms with Gasteiger partial charge in [-0.2, -0.15) is 18.3 Å². The molecule has 126 valence electrons. The number of rotatable bonds is 3. The first-order valence-electron chi connectivity index (χ1n) is 7.30. The lowest BCUT2D eigenvalue weighted by molar-refractivity contribution is -0.136. The molecule has 1 aromatic carbocycles. The van der Waals surface area contributed by atoms with Crippen molar-refractivity contribution in [1.82, 2.24) is 14.6 Å². The second kappa shape index (κ2) is 5.59. The molecule has 7 heteroatoms. The minimum atomic E-state index is -4.49. The zero-order valence-electron chi connectivity index (χ0n) is 13.4. The molecule has 0 saturated heterocycles. The Kier molecular flexibility index (Phi) is 3.83. The predicted octanol–water partition coefficient (Wildman–Crippen LogP) is 4.30. The fourth-order valence-electron chi connectivity index (χ4n) is 2.39. The zero-order chi connectivity index (χ0) is 17.5. The summed E-state index contributed by atoms with van der Waals surface area (Å²) in [6.07, 6.45) is -2.23. The Morgan fingerprint density at radius 1 is 1.04 bits per heavy atom. The summed E-state index contributed by atoms with van der Waals surface area (Å²) in [5.74, 6) is 0. The lowest BCUT2D eigenvalue weighted by Crippen LogP contribution is -2.19. The fourth-order valence-corrected chi connectivity index (χ4v) is 2.39. The number of ether oxygens (including phenoxy) is 1. The molecular formula is C17H16F3N3O. The third-order valence-electron chi connectivity index (χ3n) is 4.06. The van der Waals surface area contributed by atoms with E-state index in [0.717, 1.165) is 21.8 Å². The van der Waals surface area contributed by atoms with Crippen LogP contribution in [0.1, 0.15) is 25.0 Å². The van der Waals surface area contributed by atoms with Gasteiger partial charge in [-0.05, 0) is 25.5 Å². The largest absolute Gasteiger partial charge is 0.421 e. The second-order valence-electron chi connectivity index (χ2n) is 5.93. The summed E-state index contributed by atoms with van der Waals surface area (Å²) in [7, 11) is 1.63. The van der Waals surface area contributed by atoms with Gasteiger partial charge in [0, 0.05) is 18.9 Å². The van der Waals surface area contributed by atoms with E-state index in [9.17, 15) is 13.2 Å². The fraction of sp³-hybridized carbons (Fsp3) is 0.294. The molecule has 0 saturated carbocycles. The number of halogens is 3. The zero-order valence-corrected chi connectivity index (χ0v) is 13.4. The van der Waals surface area contributed by atoms with Gasteiger partial charge in [0.05, 0.1) is 17.5 Å². The van der Waals surface area contributed by atoms with Crippen molar-refractivity contribution in [3.8, 4) is 11.3 Å². The van der Waals surface area contributed by atoms with Gasteiger partial charge >= 0.3 is 6.18 Å². The van der Waals surface area contributed by atoms with E-state index in [1.165, 1.54) is 6.20 Å². The number of benzene rings is 1. The van der Waals surface area contributed by atoms with E-state index in [1.54, 1.807) is 13.2 Å². The number of nitrogens with zero attached hydrogens (tertiary/aromatic N) is 3. The van der Waals surface area contributed by atoms with Gasteiger partial charge in [-0.15, -0.1) is 0 Å². The van der Waals surface area contributed by atoms with Crippen molar-refractivity contribution in [2.75, 3.05) is 7.11 Å².